The van der Waals surface area contributed by atoms with Crippen molar-refractivity contribution in [2.45, 2.75) is 26.9 Å². The van der Waals surface area contributed by atoms with Gasteiger partial charge in [-0.25, -0.2) is 4.99 Å². The van der Waals surface area contributed by atoms with Crippen LogP contribution in [0.15, 0.2) is 45.8 Å². The predicted molar refractivity (Wildman–Crippen MR) is 101 cm³/mol. The first kappa shape index (κ1) is 19.4. The molecule has 0 unspecified atom stereocenters. The summed E-state index contributed by atoms with van der Waals surface area (Å²) < 4.78 is 10.8. The molecule has 3 N–H and O–H groups in total. The summed E-state index contributed by atoms with van der Waals surface area (Å²) in [5, 5.41) is 3.25. The number of benzene rings is 1. The van der Waals surface area contributed by atoms with Crippen molar-refractivity contribution in [1.82, 2.24) is 10.2 Å². The first-order valence-electron chi connectivity index (χ1n) is 8.63. The monoisotopic (exact) mass is 358 g/mol. The van der Waals surface area contributed by atoms with E-state index in [1.165, 1.54) is 0 Å². The smallest absolute Gasteiger partial charge is 0.284 e. The van der Waals surface area contributed by atoms with Gasteiger partial charge in [0.15, 0.2) is 11.7 Å². The largest absolute Gasteiger partial charge is 0.494 e. The maximum absolute atomic E-state index is 11.1. The van der Waals surface area contributed by atoms with Crippen molar-refractivity contribution in [3.63, 3.8) is 0 Å². The number of nitrogens with zero attached hydrogens (tertiary/aromatic N) is 2. The number of carbonyl (C=O) groups excluding carboxylic acids is 1. The van der Waals surface area contributed by atoms with E-state index in [1.807, 2.05) is 50.1 Å². The number of carbonyl (C=O) groups is 1. The molecule has 1 heterocycles. The normalized spacial score (nSPS) is 11.3. The molecule has 140 valence electrons. The molecular formula is C19H26N4O3. The molecule has 2 aromatic rings. The Morgan fingerprint density at radius 3 is 2.54 bits per heavy atom. The van der Waals surface area contributed by atoms with Gasteiger partial charge in [-0.2, -0.15) is 0 Å². The number of furan rings is 1. The van der Waals surface area contributed by atoms with E-state index < -0.39 is 5.91 Å². The summed E-state index contributed by atoms with van der Waals surface area (Å²) in [6.45, 7) is 6.40. The number of hydrogen-bond donors (Lipinski definition) is 2. The van der Waals surface area contributed by atoms with E-state index in [2.05, 4.69) is 10.3 Å². The zero-order valence-electron chi connectivity index (χ0n) is 15.5. The average molecular weight is 358 g/mol. The molecule has 2 rings (SSSR count). The minimum absolute atomic E-state index is 0.142. The lowest BCUT2D eigenvalue weighted by molar-refractivity contribution is 0.0972. The lowest BCUT2D eigenvalue weighted by Gasteiger charge is -2.22. The van der Waals surface area contributed by atoms with Crippen LogP contribution in [0.25, 0.3) is 0 Å². The average Bonchev–Trinajstić information content (AvgIpc) is 3.10. The number of nitrogens with two attached hydrogens (primary N) is 1. The summed E-state index contributed by atoms with van der Waals surface area (Å²) in [6.07, 6.45) is 0. The van der Waals surface area contributed by atoms with Crippen LogP contribution in [0, 0.1) is 0 Å². The first-order chi connectivity index (χ1) is 12.5. The highest BCUT2D eigenvalue weighted by atomic mass is 16.5. The molecule has 0 atom stereocenters. The third-order valence-corrected chi connectivity index (χ3v) is 3.64. The molecule has 0 bridgehead atoms. The van der Waals surface area contributed by atoms with Gasteiger partial charge in [-0.05, 0) is 43.7 Å². The van der Waals surface area contributed by atoms with Gasteiger partial charge >= 0.3 is 0 Å². The van der Waals surface area contributed by atoms with Crippen LogP contribution in [-0.4, -0.2) is 37.0 Å². The fraction of sp³-hybridized carbons (Fsp3) is 0.368. The number of hydrogen-bond acceptors (Lipinski definition) is 4. The molecular weight excluding hydrogens is 332 g/mol. The van der Waals surface area contributed by atoms with E-state index in [0.29, 0.717) is 25.5 Å². The van der Waals surface area contributed by atoms with Gasteiger partial charge in [-0.15, -0.1) is 0 Å². The van der Waals surface area contributed by atoms with Crippen molar-refractivity contribution in [2.75, 3.05) is 20.2 Å². The van der Waals surface area contributed by atoms with Crippen molar-refractivity contribution < 1.29 is 13.9 Å². The van der Waals surface area contributed by atoms with Gasteiger partial charge in [0, 0.05) is 20.1 Å². The first-order valence-corrected chi connectivity index (χ1v) is 8.63. The predicted octanol–water partition coefficient (Wildman–Crippen LogP) is 2.37. The summed E-state index contributed by atoms with van der Waals surface area (Å²) in [5.74, 6) is 1.76. The second-order valence-corrected chi connectivity index (χ2v) is 5.73. The Morgan fingerprint density at radius 1 is 1.23 bits per heavy atom. The third-order valence-electron chi connectivity index (χ3n) is 3.64. The van der Waals surface area contributed by atoms with E-state index in [0.717, 1.165) is 23.8 Å². The van der Waals surface area contributed by atoms with Crippen LogP contribution in [0.3, 0.4) is 0 Å². The molecule has 0 spiro atoms. The molecule has 0 saturated carbocycles. The molecule has 0 fully saturated rings. The fourth-order valence-electron chi connectivity index (χ4n) is 2.42. The molecule has 1 amide bonds. The summed E-state index contributed by atoms with van der Waals surface area (Å²) in [5.41, 5.74) is 6.35. The van der Waals surface area contributed by atoms with Gasteiger partial charge < -0.3 is 25.1 Å². The number of guanidine groups is 1. The van der Waals surface area contributed by atoms with Gasteiger partial charge in [0.05, 0.1) is 6.61 Å². The van der Waals surface area contributed by atoms with Gasteiger partial charge in [0.1, 0.15) is 18.1 Å². The molecule has 0 radical (unpaired) electrons. The Morgan fingerprint density at radius 2 is 1.96 bits per heavy atom. The van der Waals surface area contributed by atoms with Gasteiger partial charge in [0.2, 0.25) is 0 Å². The van der Waals surface area contributed by atoms with Gasteiger partial charge in [0.25, 0.3) is 5.91 Å². The summed E-state index contributed by atoms with van der Waals surface area (Å²) in [7, 11) is 1.97. The van der Waals surface area contributed by atoms with Crippen molar-refractivity contribution in [1.29, 1.82) is 0 Å². The fourth-order valence-corrected chi connectivity index (χ4v) is 2.42. The second-order valence-electron chi connectivity index (χ2n) is 5.73. The molecule has 0 saturated heterocycles. The van der Waals surface area contributed by atoms with Crippen molar-refractivity contribution >= 4 is 11.9 Å². The lowest BCUT2D eigenvalue weighted by atomic mass is 10.2. The third kappa shape index (κ3) is 5.54. The highest BCUT2D eigenvalue weighted by Gasteiger charge is 2.09. The Hall–Kier alpha value is -2.96. The molecule has 0 aliphatic heterocycles. The quantitative estimate of drug-likeness (QED) is 0.558. The number of nitrogens with one attached hydrogen (secondary N) is 1. The van der Waals surface area contributed by atoms with Crippen LogP contribution < -0.4 is 15.8 Å². The minimum Gasteiger partial charge on any atom is -0.494 e. The maximum atomic E-state index is 11.1. The highest BCUT2D eigenvalue weighted by Crippen LogP contribution is 2.14. The zero-order chi connectivity index (χ0) is 18.9. The Balaban J connectivity index is 2.02. The van der Waals surface area contributed by atoms with Crippen molar-refractivity contribution in [2.24, 2.45) is 10.7 Å². The van der Waals surface area contributed by atoms with Crippen LogP contribution in [-0.2, 0) is 13.1 Å². The van der Waals surface area contributed by atoms with E-state index in [1.54, 1.807) is 12.1 Å². The van der Waals surface area contributed by atoms with Crippen molar-refractivity contribution in [3.8, 4) is 5.75 Å². The number of ether oxygens (including phenoxy) is 1. The number of rotatable bonds is 8. The van der Waals surface area contributed by atoms with Crippen LogP contribution >= 0.6 is 0 Å². The van der Waals surface area contributed by atoms with E-state index >= 15 is 0 Å². The van der Waals surface area contributed by atoms with Crippen LogP contribution in [0.1, 0.15) is 35.7 Å². The molecule has 0 aliphatic carbocycles. The Labute approximate surface area is 153 Å². The molecule has 1 aromatic heterocycles. The van der Waals surface area contributed by atoms with E-state index in [4.69, 9.17) is 14.9 Å². The van der Waals surface area contributed by atoms with Crippen LogP contribution in [0.2, 0.25) is 0 Å². The molecule has 7 heteroatoms. The standard InChI is InChI=1S/C19H26N4O3/c1-4-21-19(22-12-16-10-11-17(26-16)18(20)24)23(3)13-14-6-8-15(9-7-14)25-5-2/h6-11H,4-5,12-13H2,1-3H3,(H2,20,24)(H,21,22). The van der Waals surface area contributed by atoms with Gasteiger partial charge in [-0.3, -0.25) is 4.79 Å². The van der Waals surface area contributed by atoms with E-state index in [9.17, 15) is 4.79 Å². The molecule has 26 heavy (non-hydrogen) atoms. The molecule has 0 aliphatic rings. The molecule has 1 aromatic carbocycles. The van der Waals surface area contributed by atoms with Crippen LogP contribution in [0.4, 0.5) is 0 Å². The summed E-state index contributed by atoms with van der Waals surface area (Å²) in [6, 6.07) is 11.3. The number of primary amides is 1. The summed E-state index contributed by atoms with van der Waals surface area (Å²) in [4.78, 5) is 17.7. The van der Waals surface area contributed by atoms with Gasteiger partial charge in [-0.1, -0.05) is 12.1 Å². The minimum atomic E-state index is -0.584. The number of amides is 1. The lowest BCUT2D eigenvalue weighted by Crippen LogP contribution is -2.38. The summed E-state index contributed by atoms with van der Waals surface area (Å²) >= 11 is 0. The van der Waals surface area contributed by atoms with E-state index in [-0.39, 0.29) is 5.76 Å². The van der Waals surface area contributed by atoms with Crippen molar-refractivity contribution in [3.05, 3.63) is 53.5 Å². The SMILES string of the molecule is CCNC(=NCc1ccc(C(N)=O)o1)N(C)Cc1ccc(OCC)cc1. The Bertz CT molecular complexity index is 737. The second kappa shape index (κ2) is 9.50. The Kier molecular flexibility index (Phi) is 7.08. The number of aliphatic imine (C=N–C) groups is 1. The molecule has 7 nitrogen and oxygen atoms in total. The maximum Gasteiger partial charge on any atom is 0.284 e. The topological polar surface area (TPSA) is 93.1 Å². The van der Waals surface area contributed by atoms with Crippen LogP contribution in [0.5, 0.6) is 5.75 Å². The zero-order valence-corrected chi connectivity index (χ0v) is 15.5. The highest BCUT2D eigenvalue weighted by molar-refractivity contribution is 5.89.